The molecular formula is C10H14F3N3O2. The first-order valence-corrected chi connectivity index (χ1v) is 5.72. The maximum atomic E-state index is 12.0. The van der Waals surface area contributed by atoms with Crippen LogP contribution in [-0.2, 0) is 12.0 Å². The Kier molecular flexibility index (Phi) is 3.58. The van der Waals surface area contributed by atoms with E-state index in [0.29, 0.717) is 25.9 Å². The van der Waals surface area contributed by atoms with Gasteiger partial charge in [0.2, 0.25) is 0 Å². The number of aryl methyl sites for hydroxylation is 1. The van der Waals surface area contributed by atoms with Crippen LogP contribution in [0.4, 0.5) is 13.2 Å². The Morgan fingerprint density at radius 2 is 2.00 bits per heavy atom. The molecule has 0 radical (unpaired) electrons. The molecule has 0 aromatic carbocycles. The Morgan fingerprint density at radius 1 is 1.33 bits per heavy atom. The van der Waals surface area contributed by atoms with Gasteiger partial charge in [0.15, 0.2) is 5.82 Å². The van der Waals surface area contributed by atoms with Crippen molar-refractivity contribution in [2.24, 2.45) is 0 Å². The zero-order chi connectivity index (χ0) is 13.2. The molecule has 1 aromatic rings. The maximum absolute atomic E-state index is 12.0. The van der Waals surface area contributed by atoms with Gasteiger partial charge in [0, 0.05) is 6.42 Å². The molecule has 1 fully saturated rings. The lowest BCUT2D eigenvalue weighted by atomic mass is 9.92. The lowest BCUT2D eigenvalue weighted by Gasteiger charge is -2.28. The summed E-state index contributed by atoms with van der Waals surface area (Å²) in [5, 5.41) is 16.8. The Bertz CT molecular complexity index is 399. The summed E-state index contributed by atoms with van der Waals surface area (Å²) in [7, 11) is 0. The van der Waals surface area contributed by atoms with E-state index in [1.807, 2.05) is 0 Å². The Labute approximate surface area is 101 Å². The molecule has 0 spiro atoms. The van der Waals surface area contributed by atoms with Crippen LogP contribution < -0.4 is 5.32 Å². The van der Waals surface area contributed by atoms with Gasteiger partial charge in [-0.2, -0.15) is 18.2 Å². The fourth-order valence-corrected chi connectivity index (χ4v) is 1.85. The third-order valence-electron chi connectivity index (χ3n) is 2.93. The Balaban J connectivity index is 2.01. The quantitative estimate of drug-likeness (QED) is 0.857. The number of nitrogens with one attached hydrogen (secondary N) is 1. The Morgan fingerprint density at radius 3 is 2.61 bits per heavy atom. The van der Waals surface area contributed by atoms with Crippen LogP contribution in [0.3, 0.4) is 0 Å². The number of alkyl halides is 3. The van der Waals surface area contributed by atoms with Gasteiger partial charge in [0.05, 0.1) is 6.42 Å². The molecule has 0 amide bonds. The van der Waals surface area contributed by atoms with Crippen molar-refractivity contribution >= 4 is 0 Å². The van der Waals surface area contributed by atoms with Crippen molar-refractivity contribution in [1.29, 1.82) is 0 Å². The molecule has 2 N–H and O–H groups in total. The molecule has 2 rings (SSSR count). The van der Waals surface area contributed by atoms with Crippen LogP contribution in [-0.4, -0.2) is 34.5 Å². The highest BCUT2D eigenvalue weighted by Gasteiger charge is 2.37. The van der Waals surface area contributed by atoms with Crippen molar-refractivity contribution in [3.8, 4) is 0 Å². The summed E-state index contributed by atoms with van der Waals surface area (Å²) in [6, 6.07) is 0. The molecule has 2 heterocycles. The molecule has 0 atom stereocenters. The average molecular weight is 265 g/mol. The first kappa shape index (κ1) is 13.3. The first-order valence-electron chi connectivity index (χ1n) is 5.72. The highest BCUT2D eigenvalue weighted by molar-refractivity contribution is 5.01. The van der Waals surface area contributed by atoms with Gasteiger partial charge in [-0.3, -0.25) is 0 Å². The molecule has 1 aromatic heterocycles. The molecule has 1 aliphatic heterocycles. The summed E-state index contributed by atoms with van der Waals surface area (Å²) in [4.78, 5) is 3.85. The monoisotopic (exact) mass is 265 g/mol. The van der Waals surface area contributed by atoms with Gasteiger partial charge in [0.1, 0.15) is 5.60 Å². The number of hydrogen-bond donors (Lipinski definition) is 2. The second-order valence-corrected chi connectivity index (χ2v) is 4.41. The van der Waals surface area contributed by atoms with Crippen LogP contribution in [0.25, 0.3) is 0 Å². The summed E-state index contributed by atoms with van der Waals surface area (Å²) < 4.78 is 41.0. The molecule has 8 heteroatoms. The molecule has 1 saturated heterocycles. The van der Waals surface area contributed by atoms with Gasteiger partial charge in [-0.1, -0.05) is 5.16 Å². The van der Waals surface area contributed by atoms with E-state index >= 15 is 0 Å². The average Bonchev–Trinajstić information content (AvgIpc) is 2.76. The van der Waals surface area contributed by atoms with Crippen molar-refractivity contribution in [1.82, 2.24) is 15.5 Å². The first-order chi connectivity index (χ1) is 8.39. The number of halogens is 3. The fourth-order valence-electron chi connectivity index (χ4n) is 1.85. The van der Waals surface area contributed by atoms with Gasteiger partial charge < -0.3 is 14.9 Å². The number of rotatable bonds is 3. The molecule has 0 unspecified atom stereocenters. The standard InChI is InChI=1S/C10H14F3N3O2/c11-10(12,13)2-1-7-15-8(18-16-7)9(17)3-5-14-6-4-9/h14,17H,1-6H2. The number of nitrogens with zero attached hydrogens (tertiary/aromatic N) is 2. The van der Waals surface area contributed by atoms with Gasteiger partial charge in [-0.25, -0.2) is 0 Å². The lowest BCUT2D eigenvalue weighted by molar-refractivity contribution is -0.134. The van der Waals surface area contributed by atoms with Crippen LogP contribution in [0.5, 0.6) is 0 Å². The minimum absolute atomic E-state index is 0.0150. The molecule has 0 bridgehead atoms. The second kappa shape index (κ2) is 4.85. The molecule has 0 saturated carbocycles. The zero-order valence-electron chi connectivity index (χ0n) is 9.63. The van der Waals surface area contributed by atoms with E-state index in [4.69, 9.17) is 4.52 Å². The molecular weight excluding hydrogens is 251 g/mol. The normalized spacial score (nSPS) is 20.0. The fraction of sp³-hybridized carbons (Fsp3) is 0.800. The van der Waals surface area contributed by atoms with Crippen molar-refractivity contribution < 1.29 is 22.8 Å². The summed E-state index contributed by atoms with van der Waals surface area (Å²) in [6.07, 6.45) is -4.75. The lowest BCUT2D eigenvalue weighted by Crippen LogP contribution is -2.39. The van der Waals surface area contributed by atoms with Gasteiger partial charge in [-0.05, 0) is 25.9 Å². The van der Waals surface area contributed by atoms with Crippen LogP contribution >= 0.6 is 0 Å². The minimum Gasteiger partial charge on any atom is -0.380 e. The summed E-state index contributed by atoms with van der Waals surface area (Å²) >= 11 is 0. The summed E-state index contributed by atoms with van der Waals surface area (Å²) in [5.74, 6) is -0.00421. The molecule has 0 aliphatic carbocycles. The van der Waals surface area contributed by atoms with E-state index in [9.17, 15) is 18.3 Å². The summed E-state index contributed by atoms with van der Waals surface area (Å²) in [5.41, 5.74) is -1.21. The molecule has 5 nitrogen and oxygen atoms in total. The van der Waals surface area contributed by atoms with Gasteiger partial charge >= 0.3 is 6.18 Å². The molecule has 1 aliphatic rings. The summed E-state index contributed by atoms with van der Waals surface area (Å²) in [6.45, 7) is 1.22. The van der Waals surface area contributed by atoms with Crippen LogP contribution in [0.2, 0.25) is 0 Å². The van der Waals surface area contributed by atoms with E-state index in [1.54, 1.807) is 0 Å². The van der Waals surface area contributed by atoms with E-state index in [2.05, 4.69) is 15.5 Å². The van der Waals surface area contributed by atoms with Crippen molar-refractivity contribution in [3.05, 3.63) is 11.7 Å². The van der Waals surface area contributed by atoms with Gasteiger partial charge in [0.25, 0.3) is 5.89 Å². The molecule has 102 valence electrons. The smallest absolute Gasteiger partial charge is 0.380 e. The number of aliphatic hydroxyl groups is 1. The third kappa shape index (κ3) is 3.20. The predicted molar refractivity (Wildman–Crippen MR) is 54.7 cm³/mol. The van der Waals surface area contributed by atoms with Crippen molar-refractivity contribution in [2.75, 3.05) is 13.1 Å². The van der Waals surface area contributed by atoms with Crippen LogP contribution in [0, 0.1) is 0 Å². The van der Waals surface area contributed by atoms with E-state index < -0.39 is 18.2 Å². The SMILES string of the molecule is OC1(c2nc(CCC(F)(F)F)no2)CCNCC1. The number of aromatic nitrogens is 2. The van der Waals surface area contributed by atoms with Crippen molar-refractivity contribution in [2.45, 2.75) is 37.5 Å². The zero-order valence-corrected chi connectivity index (χ0v) is 9.63. The maximum Gasteiger partial charge on any atom is 0.389 e. The highest BCUT2D eigenvalue weighted by Crippen LogP contribution is 2.29. The van der Waals surface area contributed by atoms with E-state index in [0.717, 1.165) is 0 Å². The van der Waals surface area contributed by atoms with Crippen molar-refractivity contribution in [3.63, 3.8) is 0 Å². The second-order valence-electron chi connectivity index (χ2n) is 4.41. The highest BCUT2D eigenvalue weighted by atomic mass is 19.4. The number of hydrogen-bond acceptors (Lipinski definition) is 5. The van der Waals surface area contributed by atoms with E-state index in [1.165, 1.54) is 0 Å². The minimum atomic E-state index is -4.24. The third-order valence-corrected chi connectivity index (χ3v) is 2.93. The number of piperidine rings is 1. The topological polar surface area (TPSA) is 71.2 Å². The largest absolute Gasteiger partial charge is 0.389 e. The Hall–Kier alpha value is -1.15. The van der Waals surface area contributed by atoms with Crippen LogP contribution in [0.1, 0.15) is 31.0 Å². The predicted octanol–water partition coefficient (Wildman–Crippen LogP) is 1.14. The molecule has 18 heavy (non-hydrogen) atoms. The van der Waals surface area contributed by atoms with E-state index in [-0.39, 0.29) is 18.1 Å². The van der Waals surface area contributed by atoms with Crippen LogP contribution in [0.15, 0.2) is 4.52 Å². The van der Waals surface area contributed by atoms with Gasteiger partial charge in [-0.15, -0.1) is 0 Å².